The van der Waals surface area contributed by atoms with Gasteiger partial charge in [0.05, 0.1) is 9.96 Å². The zero-order chi connectivity index (χ0) is 10.4. The van der Waals surface area contributed by atoms with E-state index in [1.165, 1.54) is 4.21 Å². The molecular formula is C10H15NOS2. The van der Waals surface area contributed by atoms with Crippen LogP contribution in [0.4, 0.5) is 0 Å². The minimum atomic E-state index is 0.123. The maximum absolute atomic E-state index is 11.4. The van der Waals surface area contributed by atoms with Crippen molar-refractivity contribution in [2.45, 2.75) is 30.5 Å². The monoisotopic (exact) mass is 229 g/mol. The molecule has 2 nitrogen and oxygen atoms in total. The van der Waals surface area contributed by atoms with Crippen LogP contribution in [0.3, 0.4) is 0 Å². The molecule has 1 amide bonds. The van der Waals surface area contributed by atoms with Gasteiger partial charge in [-0.3, -0.25) is 4.79 Å². The summed E-state index contributed by atoms with van der Waals surface area (Å²) >= 11 is 3.27. The van der Waals surface area contributed by atoms with Crippen LogP contribution >= 0.6 is 23.1 Å². The SMILES string of the molecule is CCC(C)NC(=O)CSc1cccs1. The highest BCUT2D eigenvalue weighted by atomic mass is 32.2. The standard InChI is InChI=1S/C10H15NOS2/c1-3-8(2)11-9(12)7-14-10-5-4-6-13-10/h4-6,8H,3,7H2,1-2H3,(H,11,12). The smallest absolute Gasteiger partial charge is 0.230 e. The van der Waals surface area contributed by atoms with Crippen molar-refractivity contribution in [2.75, 3.05) is 5.75 Å². The van der Waals surface area contributed by atoms with Crippen LogP contribution in [-0.2, 0) is 4.79 Å². The fraction of sp³-hybridized carbons (Fsp3) is 0.500. The molecule has 1 N–H and O–H groups in total. The number of thioether (sulfide) groups is 1. The Hall–Kier alpha value is -0.480. The largest absolute Gasteiger partial charge is 0.353 e. The molecule has 1 aromatic heterocycles. The molecule has 1 rings (SSSR count). The van der Waals surface area contributed by atoms with Gasteiger partial charge in [-0.2, -0.15) is 0 Å². The van der Waals surface area contributed by atoms with Crippen molar-refractivity contribution in [1.29, 1.82) is 0 Å². The fourth-order valence-corrected chi connectivity index (χ4v) is 2.50. The van der Waals surface area contributed by atoms with Crippen LogP contribution in [0.2, 0.25) is 0 Å². The Balaban J connectivity index is 2.22. The summed E-state index contributed by atoms with van der Waals surface area (Å²) in [5, 5.41) is 4.96. The molecule has 0 spiro atoms. The lowest BCUT2D eigenvalue weighted by Gasteiger charge is -2.10. The minimum Gasteiger partial charge on any atom is -0.353 e. The highest BCUT2D eigenvalue weighted by Crippen LogP contribution is 2.22. The van der Waals surface area contributed by atoms with Gasteiger partial charge in [-0.1, -0.05) is 13.0 Å². The summed E-state index contributed by atoms with van der Waals surface area (Å²) in [6.45, 7) is 4.09. The van der Waals surface area contributed by atoms with E-state index < -0.39 is 0 Å². The van der Waals surface area contributed by atoms with Crippen LogP contribution in [0.15, 0.2) is 21.7 Å². The van der Waals surface area contributed by atoms with Gasteiger partial charge in [0.25, 0.3) is 0 Å². The zero-order valence-electron chi connectivity index (χ0n) is 8.45. The molecule has 0 fully saturated rings. The molecule has 1 heterocycles. The highest BCUT2D eigenvalue weighted by Gasteiger charge is 2.05. The molecule has 0 aliphatic heterocycles. The molecule has 0 radical (unpaired) electrons. The van der Waals surface area contributed by atoms with Gasteiger partial charge in [0.2, 0.25) is 5.91 Å². The molecular weight excluding hydrogens is 214 g/mol. The van der Waals surface area contributed by atoms with Crippen LogP contribution in [-0.4, -0.2) is 17.7 Å². The lowest BCUT2D eigenvalue weighted by atomic mass is 10.3. The predicted octanol–water partition coefficient (Wildman–Crippen LogP) is 2.75. The zero-order valence-corrected chi connectivity index (χ0v) is 10.1. The number of nitrogens with one attached hydrogen (secondary N) is 1. The molecule has 1 atom stereocenters. The van der Waals surface area contributed by atoms with Crippen molar-refractivity contribution < 1.29 is 4.79 Å². The fourth-order valence-electron chi connectivity index (χ4n) is 0.901. The summed E-state index contributed by atoms with van der Waals surface area (Å²) in [6.07, 6.45) is 0.982. The topological polar surface area (TPSA) is 29.1 Å². The van der Waals surface area contributed by atoms with Crippen LogP contribution in [0.1, 0.15) is 20.3 Å². The maximum Gasteiger partial charge on any atom is 0.230 e. The van der Waals surface area contributed by atoms with E-state index in [1.807, 2.05) is 24.4 Å². The number of hydrogen-bond donors (Lipinski definition) is 1. The molecule has 0 aliphatic carbocycles. The van der Waals surface area contributed by atoms with E-state index in [9.17, 15) is 4.79 Å². The first-order valence-electron chi connectivity index (χ1n) is 4.68. The number of thiophene rings is 1. The maximum atomic E-state index is 11.4. The normalized spacial score (nSPS) is 12.4. The average molecular weight is 229 g/mol. The summed E-state index contributed by atoms with van der Waals surface area (Å²) in [4.78, 5) is 11.4. The van der Waals surface area contributed by atoms with Gasteiger partial charge in [0, 0.05) is 6.04 Å². The first-order valence-corrected chi connectivity index (χ1v) is 6.54. The number of hydrogen-bond acceptors (Lipinski definition) is 3. The number of amides is 1. The van der Waals surface area contributed by atoms with Gasteiger partial charge in [0.1, 0.15) is 0 Å². The number of carbonyl (C=O) groups is 1. The van der Waals surface area contributed by atoms with Crippen molar-refractivity contribution >= 4 is 29.0 Å². The number of rotatable bonds is 5. The molecule has 0 aromatic carbocycles. The molecule has 4 heteroatoms. The van der Waals surface area contributed by atoms with Crippen LogP contribution in [0.25, 0.3) is 0 Å². The predicted molar refractivity (Wildman–Crippen MR) is 62.9 cm³/mol. The average Bonchev–Trinajstić information content (AvgIpc) is 2.67. The highest BCUT2D eigenvalue weighted by molar-refractivity contribution is 8.01. The van der Waals surface area contributed by atoms with Gasteiger partial charge < -0.3 is 5.32 Å². The molecule has 0 saturated carbocycles. The van der Waals surface area contributed by atoms with Crippen LogP contribution in [0.5, 0.6) is 0 Å². The van der Waals surface area contributed by atoms with E-state index in [4.69, 9.17) is 0 Å². The van der Waals surface area contributed by atoms with Gasteiger partial charge in [0.15, 0.2) is 0 Å². The van der Waals surface area contributed by atoms with E-state index in [0.717, 1.165) is 6.42 Å². The Kier molecular flexibility index (Phi) is 5.04. The third kappa shape index (κ3) is 4.15. The van der Waals surface area contributed by atoms with E-state index in [0.29, 0.717) is 5.75 Å². The van der Waals surface area contributed by atoms with Gasteiger partial charge >= 0.3 is 0 Å². The van der Waals surface area contributed by atoms with Gasteiger partial charge in [-0.15, -0.1) is 23.1 Å². The lowest BCUT2D eigenvalue weighted by molar-refractivity contribution is -0.119. The Bertz CT molecular complexity index is 272. The van der Waals surface area contributed by atoms with E-state index >= 15 is 0 Å². The lowest BCUT2D eigenvalue weighted by Crippen LogP contribution is -2.33. The molecule has 1 aromatic rings. The summed E-state index contributed by atoms with van der Waals surface area (Å²) in [7, 11) is 0. The summed E-state index contributed by atoms with van der Waals surface area (Å²) in [6, 6.07) is 4.32. The first kappa shape index (κ1) is 11.6. The molecule has 1 unspecified atom stereocenters. The van der Waals surface area contributed by atoms with E-state index in [-0.39, 0.29) is 11.9 Å². The summed E-state index contributed by atoms with van der Waals surface area (Å²) in [5.41, 5.74) is 0. The van der Waals surface area contributed by atoms with Gasteiger partial charge in [-0.05, 0) is 24.8 Å². The minimum absolute atomic E-state index is 0.123. The summed E-state index contributed by atoms with van der Waals surface area (Å²) < 4.78 is 1.20. The quantitative estimate of drug-likeness (QED) is 0.787. The molecule has 0 saturated heterocycles. The Morgan fingerprint density at radius 1 is 1.71 bits per heavy atom. The Morgan fingerprint density at radius 2 is 2.50 bits per heavy atom. The molecule has 78 valence electrons. The number of carbonyl (C=O) groups excluding carboxylic acids is 1. The Labute approximate surface area is 93.1 Å². The van der Waals surface area contributed by atoms with E-state index in [2.05, 4.69) is 12.2 Å². The van der Waals surface area contributed by atoms with Crippen molar-refractivity contribution in [3.05, 3.63) is 17.5 Å². The van der Waals surface area contributed by atoms with Crippen molar-refractivity contribution in [2.24, 2.45) is 0 Å². The van der Waals surface area contributed by atoms with E-state index in [1.54, 1.807) is 23.1 Å². The van der Waals surface area contributed by atoms with Crippen LogP contribution in [0, 0.1) is 0 Å². The van der Waals surface area contributed by atoms with Crippen molar-refractivity contribution in [3.8, 4) is 0 Å². The van der Waals surface area contributed by atoms with Crippen molar-refractivity contribution in [1.82, 2.24) is 5.32 Å². The van der Waals surface area contributed by atoms with Crippen LogP contribution < -0.4 is 5.32 Å². The Morgan fingerprint density at radius 3 is 3.07 bits per heavy atom. The molecule has 0 aliphatic rings. The molecule has 0 bridgehead atoms. The molecule has 14 heavy (non-hydrogen) atoms. The second-order valence-electron chi connectivity index (χ2n) is 3.10. The first-order chi connectivity index (χ1) is 6.72. The summed E-state index contributed by atoms with van der Waals surface area (Å²) in [5.74, 6) is 0.642. The van der Waals surface area contributed by atoms with Crippen molar-refractivity contribution in [3.63, 3.8) is 0 Å². The second-order valence-corrected chi connectivity index (χ2v) is 5.32. The third-order valence-corrected chi connectivity index (χ3v) is 3.99. The third-order valence-electron chi connectivity index (χ3n) is 1.86. The second kappa shape index (κ2) is 6.09. The van der Waals surface area contributed by atoms with Gasteiger partial charge in [-0.25, -0.2) is 0 Å².